The first-order chi connectivity index (χ1) is 17.3. The standard InChI is InChI=1S/C25H24F5N5S/c26-19-9-21(33-11-17-18(12-33)24(17)34-13-31-32-14-34)20(27)8-16(19)10-35-23(25(28,29)30)7-6-22(36-35)15-4-2-1-3-5-15/h1-5,8-9,13-14,17-18,22-24H,6-7,10-12H2/t17-,18+,22-,23-,24-/m1/s1. The summed E-state index contributed by atoms with van der Waals surface area (Å²) in [5.74, 6) is -0.671. The molecule has 3 aliphatic rings. The van der Waals surface area contributed by atoms with Gasteiger partial charge in [0, 0.05) is 54.4 Å². The van der Waals surface area contributed by atoms with E-state index in [0.29, 0.717) is 31.3 Å². The first-order valence-electron chi connectivity index (χ1n) is 11.9. The number of benzene rings is 2. The van der Waals surface area contributed by atoms with Crippen LogP contribution in [-0.4, -0.2) is 44.4 Å². The molecule has 2 aliphatic heterocycles. The molecule has 3 fully saturated rings. The second-order valence-electron chi connectivity index (χ2n) is 9.74. The number of rotatable bonds is 5. The molecule has 1 saturated carbocycles. The van der Waals surface area contributed by atoms with Crippen molar-refractivity contribution < 1.29 is 22.0 Å². The molecule has 190 valence electrons. The Balaban J connectivity index is 1.19. The molecule has 2 aromatic carbocycles. The van der Waals surface area contributed by atoms with Crippen LogP contribution in [0.2, 0.25) is 0 Å². The van der Waals surface area contributed by atoms with Crippen LogP contribution in [0.25, 0.3) is 0 Å². The fourth-order valence-corrected chi connectivity index (χ4v) is 7.15. The fraction of sp³-hybridized carbons (Fsp3) is 0.440. The van der Waals surface area contributed by atoms with Crippen LogP contribution in [0.3, 0.4) is 0 Å². The molecule has 3 aromatic rings. The average Bonchev–Trinajstić information content (AvgIpc) is 3.23. The number of hydrogen-bond acceptors (Lipinski definition) is 5. The fourth-order valence-electron chi connectivity index (χ4n) is 5.72. The number of nitrogens with zero attached hydrogens (tertiary/aromatic N) is 5. The van der Waals surface area contributed by atoms with Gasteiger partial charge in [0.25, 0.3) is 0 Å². The Morgan fingerprint density at radius 3 is 2.28 bits per heavy atom. The van der Waals surface area contributed by atoms with Gasteiger partial charge in [-0.05, 0) is 24.5 Å². The summed E-state index contributed by atoms with van der Waals surface area (Å²) in [4.78, 5) is 1.82. The normalized spacial score (nSPS) is 28.4. The van der Waals surface area contributed by atoms with E-state index in [1.807, 2.05) is 39.8 Å². The number of fused-ring (bicyclic) bond motifs is 1. The maximum atomic E-state index is 15.2. The van der Waals surface area contributed by atoms with Gasteiger partial charge >= 0.3 is 6.18 Å². The lowest BCUT2D eigenvalue weighted by atomic mass is 10.0. The number of hydrogen-bond donors (Lipinski definition) is 0. The Bertz CT molecular complexity index is 1210. The number of alkyl halides is 3. The molecule has 0 unspecified atom stereocenters. The molecule has 36 heavy (non-hydrogen) atoms. The van der Waals surface area contributed by atoms with Gasteiger partial charge in [0.15, 0.2) is 0 Å². The van der Waals surface area contributed by atoms with Crippen LogP contribution < -0.4 is 4.90 Å². The predicted molar refractivity (Wildman–Crippen MR) is 126 cm³/mol. The Morgan fingerprint density at radius 2 is 1.61 bits per heavy atom. The first-order valence-corrected chi connectivity index (χ1v) is 12.8. The summed E-state index contributed by atoms with van der Waals surface area (Å²) >= 11 is 1.06. The molecule has 5 atom stereocenters. The minimum atomic E-state index is -4.46. The molecule has 5 nitrogen and oxygen atoms in total. The molecule has 11 heteroatoms. The van der Waals surface area contributed by atoms with E-state index in [4.69, 9.17) is 0 Å². The van der Waals surface area contributed by atoms with Crippen molar-refractivity contribution >= 4 is 17.6 Å². The van der Waals surface area contributed by atoms with Crippen LogP contribution >= 0.6 is 11.9 Å². The monoisotopic (exact) mass is 521 g/mol. The summed E-state index contributed by atoms with van der Waals surface area (Å²) in [5, 5.41) is 7.48. The van der Waals surface area contributed by atoms with Gasteiger partial charge in [-0.25, -0.2) is 13.1 Å². The van der Waals surface area contributed by atoms with Crippen molar-refractivity contribution in [2.45, 2.75) is 42.9 Å². The molecule has 6 rings (SSSR count). The van der Waals surface area contributed by atoms with E-state index in [0.717, 1.165) is 29.6 Å². The third kappa shape index (κ3) is 4.36. The summed E-state index contributed by atoms with van der Waals surface area (Å²) in [6, 6.07) is 10.1. The highest BCUT2D eigenvalue weighted by Crippen LogP contribution is 2.56. The Labute approximate surface area is 209 Å². The molecule has 3 heterocycles. The van der Waals surface area contributed by atoms with Gasteiger partial charge in [0.05, 0.1) is 5.69 Å². The summed E-state index contributed by atoms with van der Waals surface area (Å²) in [7, 11) is 0. The topological polar surface area (TPSA) is 37.2 Å². The highest BCUT2D eigenvalue weighted by Gasteiger charge is 2.57. The van der Waals surface area contributed by atoms with E-state index in [2.05, 4.69) is 10.2 Å². The van der Waals surface area contributed by atoms with Gasteiger partial charge in [-0.1, -0.05) is 42.3 Å². The summed E-state index contributed by atoms with van der Waals surface area (Å²) in [6.45, 7) is 0.836. The summed E-state index contributed by atoms with van der Waals surface area (Å²) in [5.41, 5.74) is 1.01. The number of piperidine rings is 1. The van der Waals surface area contributed by atoms with E-state index in [9.17, 15) is 13.2 Å². The lowest BCUT2D eigenvalue weighted by Crippen LogP contribution is -2.44. The number of aromatic nitrogens is 3. The summed E-state index contributed by atoms with van der Waals surface area (Å²) < 4.78 is 74.8. The molecule has 1 aliphatic carbocycles. The zero-order chi connectivity index (χ0) is 25.0. The maximum absolute atomic E-state index is 15.2. The molecule has 0 radical (unpaired) electrons. The maximum Gasteiger partial charge on any atom is 0.404 e. The Hall–Kier alpha value is -2.66. The minimum absolute atomic E-state index is 0.0709. The molecule has 0 N–H and O–H groups in total. The predicted octanol–water partition coefficient (Wildman–Crippen LogP) is 5.78. The van der Waals surface area contributed by atoms with Crippen molar-refractivity contribution in [3.63, 3.8) is 0 Å². The molecule has 2 saturated heterocycles. The van der Waals surface area contributed by atoms with Gasteiger partial charge in [-0.2, -0.15) is 13.2 Å². The minimum Gasteiger partial charge on any atom is -0.368 e. The van der Waals surface area contributed by atoms with Gasteiger partial charge in [0.1, 0.15) is 30.3 Å². The van der Waals surface area contributed by atoms with Crippen LogP contribution in [0.1, 0.15) is 35.3 Å². The van der Waals surface area contributed by atoms with E-state index in [-0.39, 0.29) is 35.5 Å². The van der Waals surface area contributed by atoms with Crippen LogP contribution in [0.15, 0.2) is 55.1 Å². The smallest absolute Gasteiger partial charge is 0.368 e. The molecule has 1 aromatic heterocycles. The van der Waals surface area contributed by atoms with E-state index >= 15 is 8.78 Å². The van der Waals surface area contributed by atoms with Crippen molar-refractivity contribution in [3.05, 3.63) is 77.9 Å². The zero-order valence-corrected chi connectivity index (χ0v) is 20.0. The Morgan fingerprint density at radius 1 is 0.917 bits per heavy atom. The van der Waals surface area contributed by atoms with Gasteiger partial charge in [-0.3, -0.25) is 0 Å². The number of halogens is 5. The zero-order valence-electron chi connectivity index (χ0n) is 19.2. The summed E-state index contributed by atoms with van der Waals surface area (Å²) in [6.07, 6.45) is -0.864. The van der Waals surface area contributed by atoms with E-state index in [1.165, 1.54) is 4.31 Å². The molecular formula is C25H24F5N5S. The second-order valence-corrected chi connectivity index (χ2v) is 11.0. The Kier molecular flexibility index (Phi) is 5.94. The molecule has 0 spiro atoms. The third-order valence-electron chi connectivity index (χ3n) is 7.57. The van der Waals surface area contributed by atoms with Crippen molar-refractivity contribution in [1.29, 1.82) is 0 Å². The van der Waals surface area contributed by atoms with Crippen molar-refractivity contribution in [2.75, 3.05) is 18.0 Å². The van der Waals surface area contributed by atoms with Crippen molar-refractivity contribution in [3.8, 4) is 0 Å². The van der Waals surface area contributed by atoms with Crippen LogP contribution in [0.4, 0.5) is 27.6 Å². The average molecular weight is 522 g/mol. The largest absolute Gasteiger partial charge is 0.404 e. The lowest BCUT2D eigenvalue weighted by molar-refractivity contribution is -0.174. The van der Waals surface area contributed by atoms with Crippen molar-refractivity contribution in [2.24, 2.45) is 11.8 Å². The SMILES string of the molecule is Fc1cc(N2C[C@@H]3[C@H](C2)[C@@H]3n2cnnc2)c(F)cc1CN1S[C@@H](c2ccccc2)CC[C@@H]1C(F)(F)F. The molecule has 0 amide bonds. The van der Waals surface area contributed by atoms with E-state index in [1.54, 1.807) is 12.7 Å². The quantitative estimate of drug-likeness (QED) is 0.314. The molecule has 0 bridgehead atoms. The van der Waals surface area contributed by atoms with Gasteiger partial charge < -0.3 is 9.47 Å². The number of anilines is 1. The molecular weight excluding hydrogens is 497 g/mol. The van der Waals surface area contributed by atoms with Crippen LogP contribution in [0, 0.1) is 23.5 Å². The highest BCUT2D eigenvalue weighted by molar-refractivity contribution is 7.97. The lowest BCUT2D eigenvalue weighted by Gasteiger charge is -2.39. The first kappa shape index (κ1) is 23.7. The third-order valence-corrected chi connectivity index (χ3v) is 8.99. The van der Waals surface area contributed by atoms with Crippen LogP contribution in [-0.2, 0) is 6.54 Å². The van der Waals surface area contributed by atoms with Crippen molar-refractivity contribution in [1.82, 2.24) is 19.1 Å². The van der Waals surface area contributed by atoms with E-state index < -0.39 is 23.9 Å². The second kappa shape index (κ2) is 9.02. The highest BCUT2D eigenvalue weighted by atomic mass is 32.2. The van der Waals surface area contributed by atoms with Crippen LogP contribution in [0.5, 0.6) is 0 Å². The van der Waals surface area contributed by atoms with Gasteiger partial charge in [-0.15, -0.1) is 10.2 Å². The van der Waals surface area contributed by atoms with Gasteiger partial charge in [0.2, 0.25) is 0 Å².